The van der Waals surface area contributed by atoms with Gasteiger partial charge >= 0.3 is 0 Å². The molecular weight excluding hydrogens is 186 g/mol. The molecule has 1 rings (SSSR count). The molecule has 0 aromatic heterocycles. The molecule has 0 aliphatic carbocycles. The number of carbonyl (C=O) groups excluding carboxylic acids is 1. The zero-order chi connectivity index (χ0) is 11.3. The molecule has 0 radical (unpaired) electrons. The van der Waals surface area contributed by atoms with Gasteiger partial charge in [-0.25, -0.2) is 0 Å². The van der Waals surface area contributed by atoms with Crippen molar-refractivity contribution in [2.45, 2.75) is 26.7 Å². The topological polar surface area (TPSA) is 20.3 Å². The highest BCUT2D eigenvalue weighted by atomic mass is 16.1. The second-order valence-corrected chi connectivity index (χ2v) is 3.96. The molecule has 1 aromatic carbocycles. The van der Waals surface area contributed by atoms with Crippen LogP contribution in [0.15, 0.2) is 18.2 Å². The monoisotopic (exact) mass is 205 g/mol. The van der Waals surface area contributed by atoms with E-state index in [0.29, 0.717) is 0 Å². The molecule has 0 saturated heterocycles. The van der Waals surface area contributed by atoms with Crippen LogP contribution in [0.1, 0.15) is 35.7 Å². The molecule has 0 spiro atoms. The molecule has 2 nitrogen and oxygen atoms in total. The number of nitrogens with zero attached hydrogens (tertiary/aromatic N) is 1. The summed E-state index contributed by atoms with van der Waals surface area (Å²) < 4.78 is 0. The zero-order valence-corrected chi connectivity index (χ0v) is 9.79. The minimum Gasteiger partial charge on any atom is -0.374 e. The van der Waals surface area contributed by atoms with Crippen molar-refractivity contribution < 1.29 is 4.79 Å². The second-order valence-electron chi connectivity index (χ2n) is 3.96. The molecule has 0 aliphatic heterocycles. The van der Waals surface area contributed by atoms with Gasteiger partial charge in [0.1, 0.15) is 0 Å². The molecular formula is C13H19NO. The van der Waals surface area contributed by atoms with Gasteiger partial charge in [-0.2, -0.15) is 0 Å². The molecule has 15 heavy (non-hydrogen) atoms. The maximum absolute atomic E-state index is 10.9. The van der Waals surface area contributed by atoms with Crippen LogP contribution in [0.25, 0.3) is 0 Å². The molecule has 0 amide bonds. The summed E-state index contributed by atoms with van der Waals surface area (Å²) in [6.07, 6.45) is 3.26. The summed E-state index contributed by atoms with van der Waals surface area (Å²) in [5.41, 5.74) is 2.95. The summed E-state index contributed by atoms with van der Waals surface area (Å²) in [5.74, 6) is 0. The van der Waals surface area contributed by atoms with Gasteiger partial charge in [0.25, 0.3) is 0 Å². The van der Waals surface area contributed by atoms with E-state index in [1.54, 1.807) is 0 Å². The lowest BCUT2D eigenvalue weighted by Crippen LogP contribution is -2.19. The van der Waals surface area contributed by atoms with E-state index in [1.165, 1.54) is 6.42 Å². The average Bonchev–Trinajstić information content (AvgIpc) is 2.25. The Morgan fingerprint density at radius 1 is 1.40 bits per heavy atom. The highest BCUT2D eigenvalue weighted by molar-refractivity contribution is 5.84. The van der Waals surface area contributed by atoms with Gasteiger partial charge in [-0.1, -0.05) is 25.0 Å². The third-order valence-electron chi connectivity index (χ3n) is 2.57. The van der Waals surface area contributed by atoms with Gasteiger partial charge < -0.3 is 4.90 Å². The van der Waals surface area contributed by atoms with Crippen molar-refractivity contribution >= 4 is 12.0 Å². The molecule has 2 heteroatoms. The number of anilines is 1. The van der Waals surface area contributed by atoms with Gasteiger partial charge in [0.05, 0.1) is 0 Å². The van der Waals surface area contributed by atoms with E-state index in [2.05, 4.69) is 11.8 Å². The number of aryl methyl sites for hydroxylation is 1. The predicted molar refractivity (Wildman–Crippen MR) is 64.7 cm³/mol. The Hall–Kier alpha value is -1.31. The minimum absolute atomic E-state index is 0.786. The normalized spacial score (nSPS) is 10.1. The number of aldehydes is 1. The van der Waals surface area contributed by atoms with Gasteiger partial charge in [0, 0.05) is 24.8 Å². The Balaban J connectivity index is 2.87. The predicted octanol–water partition coefficient (Wildman–Crippen LogP) is 3.04. The fraction of sp³-hybridized carbons (Fsp3) is 0.462. The molecule has 0 fully saturated rings. The number of hydrogen-bond acceptors (Lipinski definition) is 2. The molecule has 0 atom stereocenters. The van der Waals surface area contributed by atoms with E-state index in [9.17, 15) is 4.79 Å². The molecule has 82 valence electrons. The lowest BCUT2D eigenvalue weighted by molar-refractivity contribution is 0.112. The first kappa shape index (κ1) is 11.8. The summed E-state index contributed by atoms with van der Waals surface area (Å²) in [6, 6.07) is 6.00. The first-order valence-electron chi connectivity index (χ1n) is 5.46. The van der Waals surface area contributed by atoms with Crippen LogP contribution < -0.4 is 4.90 Å². The van der Waals surface area contributed by atoms with Crippen LogP contribution in [-0.2, 0) is 0 Å². The maximum atomic E-state index is 10.9. The van der Waals surface area contributed by atoms with Gasteiger partial charge in [0.15, 0.2) is 6.29 Å². The highest BCUT2D eigenvalue weighted by Crippen LogP contribution is 2.19. The van der Waals surface area contributed by atoms with Gasteiger partial charge in [-0.15, -0.1) is 0 Å². The van der Waals surface area contributed by atoms with Crippen molar-refractivity contribution in [3.8, 4) is 0 Å². The summed E-state index contributed by atoms with van der Waals surface area (Å²) in [6.45, 7) is 5.17. The lowest BCUT2D eigenvalue weighted by Gasteiger charge is -2.20. The van der Waals surface area contributed by atoms with Crippen molar-refractivity contribution in [1.82, 2.24) is 0 Å². The Kier molecular flexibility index (Phi) is 4.35. The third-order valence-corrected chi connectivity index (χ3v) is 2.57. The largest absolute Gasteiger partial charge is 0.374 e. The van der Waals surface area contributed by atoms with Crippen molar-refractivity contribution in [3.63, 3.8) is 0 Å². The Labute approximate surface area is 91.9 Å². The highest BCUT2D eigenvalue weighted by Gasteiger charge is 2.06. The molecule has 0 heterocycles. The molecule has 1 aromatic rings. The number of carbonyl (C=O) groups is 1. The first-order valence-corrected chi connectivity index (χ1v) is 5.46. The number of unbranched alkanes of at least 4 members (excludes halogenated alkanes) is 1. The van der Waals surface area contributed by atoms with Gasteiger partial charge in [0.2, 0.25) is 0 Å². The van der Waals surface area contributed by atoms with Crippen LogP contribution in [0.5, 0.6) is 0 Å². The Morgan fingerprint density at radius 3 is 2.73 bits per heavy atom. The number of rotatable bonds is 5. The van der Waals surface area contributed by atoms with Crippen LogP contribution in [0.4, 0.5) is 5.69 Å². The maximum Gasteiger partial charge on any atom is 0.152 e. The quantitative estimate of drug-likeness (QED) is 0.689. The van der Waals surface area contributed by atoms with E-state index in [4.69, 9.17) is 0 Å². The summed E-state index contributed by atoms with van der Waals surface area (Å²) in [5, 5.41) is 0. The molecule has 0 saturated carbocycles. The Morgan fingerprint density at radius 2 is 2.13 bits per heavy atom. The molecule has 0 unspecified atom stereocenters. The second kappa shape index (κ2) is 5.54. The van der Waals surface area contributed by atoms with E-state index in [0.717, 1.165) is 36.1 Å². The summed E-state index contributed by atoms with van der Waals surface area (Å²) in [7, 11) is 2.04. The lowest BCUT2D eigenvalue weighted by atomic mass is 10.1. The Bertz CT molecular complexity index is 333. The first-order chi connectivity index (χ1) is 7.19. The van der Waals surface area contributed by atoms with Crippen LogP contribution in [0.2, 0.25) is 0 Å². The smallest absolute Gasteiger partial charge is 0.152 e. The van der Waals surface area contributed by atoms with E-state index >= 15 is 0 Å². The van der Waals surface area contributed by atoms with E-state index in [-0.39, 0.29) is 0 Å². The van der Waals surface area contributed by atoms with Gasteiger partial charge in [-0.05, 0) is 25.5 Å². The van der Waals surface area contributed by atoms with Crippen LogP contribution in [0.3, 0.4) is 0 Å². The minimum atomic E-state index is 0.786. The fourth-order valence-corrected chi connectivity index (χ4v) is 1.63. The summed E-state index contributed by atoms with van der Waals surface area (Å²) >= 11 is 0. The van der Waals surface area contributed by atoms with Crippen LogP contribution >= 0.6 is 0 Å². The van der Waals surface area contributed by atoms with E-state index in [1.807, 2.05) is 32.2 Å². The number of benzene rings is 1. The fourth-order valence-electron chi connectivity index (χ4n) is 1.63. The van der Waals surface area contributed by atoms with Crippen molar-refractivity contribution in [2.75, 3.05) is 18.5 Å². The van der Waals surface area contributed by atoms with Crippen LogP contribution in [0, 0.1) is 6.92 Å². The van der Waals surface area contributed by atoms with Crippen molar-refractivity contribution in [3.05, 3.63) is 29.3 Å². The molecule has 0 aliphatic rings. The standard InChI is InChI=1S/C13H19NO/c1-4-5-8-14(3)13-7-6-11(2)9-12(13)10-15/h6-7,9-10H,4-5,8H2,1-3H3. The van der Waals surface area contributed by atoms with Crippen molar-refractivity contribution in [1.29, 1.82) is 0 Å². The van der Waals surface area contributed by atoms with Gasteiger partial charge in [-0.3, -0.25) is 4.79 Å². The zero-order valence-electron chi connectivity index (χ0n) is 9.79. The molecule has 0 bridgehead atoms. The third kappa shape index (κ3) is 3.08. The SMILES string of the molecule is CCCCN(C)c1ccc(C)cc1C=O. The van der Waals surface area contributed by atoms with E-state index < -0.39 is 0 Å². The summed E-state index contributed by atoms with van der Waals surface area (Å²) in [4.78, 5) is 13.1. The number of hydrogen-bond donors (Lipinski definition) is 0. The van der Waals surface area contributed by atoms with Crippen molar-refractivity contribution in [2.24, 2.45) is 0 Å². The average molecular weight is 205 g/mol. The molecule has 0 N–H and O–H groups in total. The van der Waals surface area contributed by atoms with Crippen LogP contribution in [-0.4, -0.2) is 19.9 Å².